The zero-order chi connectivity index (χ0) is 11.8. The van der Waals surface area contributed by atoms with Crippen LogP contribution in [0.4, 0.5) is 4.39 Å². The summed E-state index contributed by atoms with van der Waals surface area (Å²) in [7, 11) is 1.62. The lowest BCUT2D eigenvalue weighted by Crippen LogP contribution is -2.22. The molecule has 0 bridgehead atoms. The summed E-state index contributed by atoms with van der Waals surface area (Å²) in [4.78, 5) is 0. The van der Waals surface area contributed by atoms with Crippen molar-refractivity contribution in [1.82, 2.24) is 5.32 Å². The fourth-order valence-corrected chi connectivity index (χ4v) is 1.40. The number of rotatable bonds is 6. The zero-order valence-corrected chi connectivity index (χ0v) is 9.24. The van der Waals surface area contributed by atoms with Gasteiger partial charge in [0.25, 0.3) is 0 Å². The Labute approximate surface area is 94.8 Å². The Balaban J connectivity index is 2.55. The molecule has 1 unspecified atom stereocenters. The monoisotopic (exact) mass is 222 g/mol. The number of nitriles is 1. The molecule has 1 aromatic carbocycles. The van der Waals surface area contributed by atoms with Crippen molar-refractivity contribution in [2.45, 2.75) is 12.5 Å². The van der Waals surface area contributed by atoms with Crippen LogP contribution in [0.15, 0.2) is 24.3 Å². The standard InChI is InChI=1S/C12H15FN2O/c1-16-8-4-7-15-12(9-14)10-5-2-3-6-11(10)13/h2-3,5-6,12,15H,4,7-8H2,1H3. The summed E-state index contributed by atoms with van der Waals surface area (Å²) in [6.45, 7) is 1.25. The molecule has 1 atom stereocenters. The molecule has 86 valence electrons. The van der Waals surface area contributed by atoms with E-state index in [9.17, 15) is 4.39 Å². The van der Waals surface area contributed by atoms with E-state index >= 15 is 0 Å². The molecule has 1 rings (SSSR count). The van der Waals surface area contributed by atoms with Crippen molar-refractivity contribution in [3.63, 3.8) is 0 Å². The van der Waals surface area contributed by atoms with Crippen molar-refractivity contribution in [3.8, 4) is 6.07 Å². The predicted molar refractivity (Wildman–Crippen MR) is 59.2 cm³/mol. The van der Waals surface area contributed by atoms with Crippen molar-refractivity contribution >= 4 is 0 Å². The number of hydrogen-bond acceptors (Lipinski definition) is 3. The van der Waals surface area contributed by atoms with Crippen molar-refractivity contribution in [2.24, 2.45) is 0 Å². The van der Waals surface area contributed by atoms with Gasteiger partial charge in [-0.2, -0.15) is 5.26 Å². The molecule has 0 aliphatic heterocycles. The fourth-order valence-electron chi connectivity index (χ4n) is 1.40. The maximum Gasteiger partial charge on any atom is 0.129 e. The SMILES string of the molecule is COCCCNC(C#N)c1ccccc1F. The molecule has 0 spiro atoms. The van der Waals surface area contributed by atoms with Gasteiger partial charge in [-0.25, -0.2) is 4.39 Å². The third-order valence-corrected chi connectivity index (χ3v) is 2.22. The summed E-state index contributed by atoms with van der Waals surface area (Å²) < 4.78 is 18.3. The average molecular weight is 222 g/mol. The van der Waals surface area contributed by atoms with Gasteiger partial charge in [-0.3, -0.25) is 5.32 Å². The predicted octanol–water partition coefficient (Wildman–Crippen LogP) is 2.02. The van der Waals surface area contributed by atoms with E-state index in [0.717, 1.165) is 6.42 Å². The number of benzene rings is 1. The van der Waals surface area contributed by atoms with Gasteiger partial charge >= 0.3 is 0 Å². The van der Waals surface area contributed by atoms with Gasteiger partial charge in [0.1, 0.15) is 11.9 Å². The molecule has 0 aromatic heterocycles. The van der Waals surface area contributed by atoms with Crippen LogP contribution < -0.4 is 5.32 Å². The van der Waals surface area contributed by atoms with Crippen LogP contribution in [0.2, 0.25) is 0 Å². The van der Waals surface area contributed by atoms with Crippen molar-refractivity contribution in [3.05, 3.63) is 35.6 Å². The van der Waals surface area contributed by atoms with Gasteiger partial charge in [-0.05, 0) is 19.0 Å². The molecule has 0 amide bonds. The summed E-state index contributed by atoms with van der Waals surface area (Å²) in [5.74, 6) is -0.353. The Bertz CT molecular complexity index is 362. The van der Waals surface area contributed by atoms with Gasteiger partial charge in [-0.15, -0.1) is 0 Å². The lowest BCUT2D eigenvalue weighted by Gasteiger charge is -2.12. The van der Waals surface area contributed by atoms with Crippen LogP contribution in [0, 0.1) is 17.1 Å². The highest BCUT2D eigenvalue weighted by Gasteiger charge is 2.13. The van der Waals surface area contributed by atoms with Crippen LogP contribution in [0.25, 0.3) is 0 Å². The van der Waals surface area contributed by atoms with Gasteiger partial charge in [0.15, 0.2) is 0 Å². The number of methoxy groups -OCH3 is 1. The van der Waals surface area contributed by atoms with E-state index in [4.69, 9.17) is 10.00 Å². The molecule has 1 N–H and O–H groups in total. The van der Waals surface area contributed by atoms with Gasteiger partial charge in [0.05, 0.1) is 6.07 Å². The maximum atomic E-state index is 13.4. The second kappa shape index (κ2) is 6.94. The van der Waals surface area contributed by atoms with Crippen LogP contribution >= 0.6 is 0 Å². The maximum absolute atomic E-state index is 13.4. The molecular formula is C12H15FN2O. The molecule has 3 nitrogen and oxygen atoms in total. The molecule has 0 fully saturated rings. The topological polar surface area (TPSA) is 45.0 Å². The van der Waals surface area contributed by atoms with Crippen LogP contribution in [0.5, 0.6) is 0 Å². The quantitative estimate of drug-likeness (QED) is 0.749. The molecule has 1 aromatic rings. The minimum Gasteiger partial charge on any atom is -0.385 e. The van der Waals surface area contributed by atoms with Gasteiger partial charge in [0.2, 0.25) is 0 Å². The van der Waals surface area contributed by atoms with E-state index in [1.807, 2.05) is 6.07 Å². The molecule has 0 saturated carbocycles. The Hall–Kier alpha value is -1.44. The van der Waals surface area contributed by atoms with Crippen LogP contribution in [-0.2, 0) is 4.74 Å². The lowest BCUT2D eigenvalue weighted by atomic mass is 10.1. The van der Waals surface area contributed by atoms with E-state index in [-0.39, 0.29) is 5.82 Å². The second-order valence-electron chi connectivity index (χ2n) is 3.38. The Kier molecular flexibility index (Phi) is 5.48. The summed E-state index contributed by atoms with van der Waals surface area (Å²) >= 11 is 0. The first kappa shape index (κ1) is 12.6. The second-order valence-corrected chi connectivity index (χ2v) is 3.38. The minimum atomic E-state index is -0.599. The summed E-state index contributed by atoms with van der Waals surface area (Å²) in [6, 6.07) is 7.75. The number of nitrogens with one attached hydrogen (secondary N) is 1. The van der Waals surface area contributed by atoms with Crippen LogP contribution in [-0.4, -0.2) is 20.3 Å². The third kappa shape index (κ3) is 3.61. The van der Waals surface area contributed by atoms with E-state index in [0.29, 0.717) is 18.7 Å². The first-order valence-corrected chi connectivity index (χ1v) is 5.16. The molecule has 0 aliphatic rings. The zero-order valence-electron chi connectivity index (χ0n) is 9.24. The number of hydrogen-bond donors (Lipinski definition) is 1. The largest absolute Gasteiger partial charge is 0.385 e. The van der Waals surface area contributed by atoms with E-state index in [2.05, 4.69) is 5.32 Å². The molecule has 16 heavy (non-hydrogen) atoms. The smallest absolute Gasteiger partial charge is 0.129 e. The Morgan fingerprint density at radius 2 is 2.25 bits per heavy atom. The first-order valence-electron chi connectivity index (χ1n) is 5.16. The number of ether oxygens (including phenoxy) is 1. The molecule has 0 aliphatic carbocycles. The normalized spacial score (nSPS) is 12.1. The summed E-state index contributed by atoms with van der Waals surface area (Å²) in [5.41, 5.74) is 0.391. The van der Waals surface area contributed by atoms with Crippen LogP contribution in [0.1, 0.15) is 18.0 Å². The van der Waals surface area contributed by atoms with Gasteiger partial charge in [0, 0.05) is 19.3 Å². The van der Waals surface area contributed by atoms with Crippen molar-refractivity contribution in [1.29, 1.82) is 5.26 Å². The minimum absolute atomic E-state index is 0.353. The first-order chi connectivity index (χ1) is 7.79. The van der Waals surface area contributed by atoms with Crippen molar-refractivity contribution in [2.75, 3.05) is 20.3 Å². The summed E-state index contributed by atoms with van der Waals surface area (Å²) in [5, 5.41) is 11.9. The lowest BCUT2D eigenvalue weighted by molar-refractivity contribution is 0.194. The van der Waals surface area contributed by atoms with Gasteiger partial charge in [-0.1, -0.05) is 18.2 Å². The molecular weight excluding hydrogens is 207 g/mol. The molecule has 0 radical (unpaired) electrons. The Morgan fingerprint density at radius 3 is 2.88 bits per heavy atom. The number of halogens is 1. The fraction of sp³-hybridized carbons (Fsp3) is 0.417. The van der Waals surface area contributed by atoms with Crippen LogP contribution in [0.3, 0.4) is 0 Å². The van der Waals surface area contributed by atoms with Crippen molar-refractivity contribution < 1.29 is 9.13 Å². The van der Waals surface area contributed by atoms with E-state index in [1.54, 1.807) is 25.3 Å². The molecule has 4 heteroatoms. The van der Waals surface area contributed by atoms with E-state index in [1.165, 1.54) is 6.07 Å². The molecule has 0 heterocycles. The van der Waals surface area contributed by atoms with Gasteiger partial charge < -0.3 is 4.74 Å². The highest BCUT2D eigenvalue weighted by atomic mass is 19.1. The average Bonchev–Trinajstić information content (AvgIpc) is 2.31. The van der Waals surface area contributed by atoms with E-state index < -0.39 is 6.04 Å². The highest BCUT2D eigenvalue weighted by molar-refractivity contribution is 5.25. The third-order valence-electron chi connectivity index (χ3n) is 2.22. The highest BCUT2D eigenvalue weighted by Crippen LogP contribution is 2.15. The Morgan fingerprint density at radius 1 is 1.50 bits per heavy atom. The molecule has 0 saturated heterocycles. The number of nitrogens with zero attached hydrogens (tertiary/aromatic N) is 1. The summed E-state index contributed by atoms with van der Waals surface area (Å²) in [6.07, 6.45) is 0.795.